The van der Waals surface area contributed by atoms with Crippen molar-refractivity contribution in [2.24, 2.45) is 5.73 Å². The molecule has 1 fully saturated rings. The molecule has 1 amide bonds. The lowest BCUT2D eigenvalue weighted by molar-refractivity contribution is -0.149. The summed E-state index contributed by atoms with van der Waals surface area (Å²) in [5, 5.41) is 0. The summed E-state index contributed by atoms with van der Waals surface area (Å²) >= 11 is 1.66. The van der Waals surface area contributed by atoms with Gasteiger partial charge in [-0.05, 0) is 38.2 Å². The second-order valence-electron chi connectivity index (χ2n) is 4.39. The zero-order chi connectivity index (χ0) is 13.5. The summed E-state index contributed by atoms with van der Waals surface area (Å²) in [5.41, 5.74) is 5.86. The van der Waals surface area contributed by atoms with Gasteiger partial charge in [0.25, 0.3) is 0 Å². The van der Waals surface area contributed by atoms with Crippen molar-refractivity contribution in [3.63, 3.8) is 0 Å². The van der Waals surface area contributed by atoms with Crippen molar-refractivity contribution in [2.45, 2.75) is 38.3 Å². The minimum Gasteiger partial charge on any atom is -0.465 e. The van der Waals surface area contributed by atoms with Crippen LogP contribution in [0.4, 0.5) is 0 Å². The first-order valence-corrected chi connectivity index (χ1v) is 7.70. The Hall–Kier alpha value is -0.750. The predicted molar refractivity (Wildman–Crippen MR) is 72.3 cm³/mol. The quantitative estimate of drug-likeness (QED) is 0.657. The molecule has 1 aliphatic rings. The smallest absolute Gasteiger partial charge is 0.325 e. The number of rotatable bonds is 8. The molecule has 0 aromatic carbocycles. The van der Waals surface area contributed by atoms with Crippen LogP contribution in [0.15, 0.2) is 0 Å². The zero-order valence-corrected chi connectivity index (χ0v) is 11.9. The summed E-state index contributed by atoms with van der Waals surface area (Å²) in [6.07, 6.45) is 4.54. The van der Waals surface area contributed by atoms with E-state index in [2.05, 4.69) is 0 Å². The van der Waals surface area contributed by atoms with Gasteiger partial charge in [-0.2, -0.15) is 11.8 Å². The van der Waals surface area contributed by atoms with E-state index < -0.39 is 6.04 Å². The number of nitrogens with two attached hydrogens (primary N) is 1. The van der Waals surface area contributed by atoms with Gasteiger partial charge in [-0.15, -0.1) is 0 Å². The summed E-state index contributed by atoms with van der Waals surface area (Å²) < 4.78 is 4.88. The third-order valence-electron chi connectivity index (χ3n) is 2.83. The van der Waals surface area contributed by atoms with Gasteiger partial charge in [0.05, 0.1) is 12.6 Å². The van der Waals surface area contributed by atoms with Crippen LogP contribution >= 0.6 is 11.8 Å². The Morgan fingerprint density at radius 3 is 2.67 bits per heavy atom. The molecule has 1 saturated carbocycles. The molecule has 1 rings (SSSR count). The number of hydrogen-bond donors (Lipinski definition) is 1. The van der Waals surface area contributed by atoms with Crippen molar-refractivity contribution in [2.75, 3.05) is 25.2 Å². The van der Waals surface area contributed by atoms with Crippen molar-refractivity contribution >= 4 is 23.6 Å². The van der Waals surface area contributed by atoms with E-state index in [1.165, 1.54) is 0 Å². The van der Waals surface area contributed by atoms with E-state index in [0.29, 0.717) is 13.0 Å². The molecular weight excluding hydrogens is 252 g/mol. The lowest BCUT2D eigenvalue weighted by Crippen LogP contribution is -2.47. The van der Waals surface area contributed by atoms with Gasteiger partial charge in [0.15, 0.2) is 0 Å². The third-order valence-corrected chi connectivity index (χ3v) is 3.47. The third kappa shape index (κ3) is 4.86. The fraction of sp³-hybridized carbons (Fsp3) is 0.833. The lowest BCUT2D eigenvalue weighted by Gasteiger charge is -2.24. The lowest BCUT2D eigenvalue weighted by atomic mass is 10.2. The molecule has 0 heterocycles. The largest absolute Gasteiger partial charge is 0.465 e. The average molecular weight is 274 g/mol. The molecule has 1 aliphatic carbocycles. The molecule has 2 N–H and O–H groups in total. The van der Waals surface area contributed by atoms with Crippen LogP contribution in [0.3, 0.4) is 0 Å². The Morgan fingerprint density at radius 2 is 2.17 bits per heavy atom. The fourth-order valence-electron chi connectivity index (χ4n) is 1.70. The number of nitrogens with zero attached hydrogens (tertiary/aromatic N) is 1. The average Bonchev–Trinajstić information content (AvgIpc) is 3.16. The van der Waals surface area contributed by atoms with Gasteiger partial charge in [-0.3, -0.25) is 9.59 Å². The molecule has 0 aliphatic heterocycles. The first-order valence-electron chi connectivity index (χ1n) is 6.30. The minimum atomic E-state index is -0.507. The monoisotopic (exact) mass is 274 g/mol. The highest BCUT2D eigenvalue weighted by Gasteiger charge is 2.36. The summed E-state index contributed by atoms with van der Waals surface area (Å²) in [6, 6.07) is -0.324. The summed E-state index contributed by atoms with van der Waals surface area (Å²) in [4.78, 5) is 25.2. The zero-order valence-electron chi connectivity index (χ0n) is 11.1. The summed E-state index contributed by atoms with van der Waals surface area (Å²) in [5.74, 6) is 0.375. The number of thioether (sulfide) groups is 1. The molecule has 0 aromatic rings. The Labute approximate surface area is 112 Å². The van der Waals surface area contributed by atoms with Gasteiger partial charge in [0.2, 0.25) is 5.91 Å². The molecule has 104 valence electrons. The van der Waals surface area contributed by atoms with Gasteiger partial charge in [-0.1, -0.05) is 0 Å². The Bertz CT molecular complexity index is 295. The van der Waals surface area contributed by atoms with Crippen LogP contribution in [0.2, 0.25) is 0 Å². The van der Waals surface area contributed by atoms with E-state index in [1.54, 1.807) is 23.6 Å². The number of carbonyl (C=O) groups is 2. The summed E-state index contributed by atoms with van der Waals surface area (Å²) in [7, 11) is 0. The van der Waals surface area contributed by atoms with Crippen LogP contribution in [0, 0.1) is 0 Å². The van der Waals surface area contributed by atoms with Gasteiger partial charge >= 0.3 is 5.97 Å². The molecule has 6 heteroatoms. The highest BCUT2D eigenvalue weighted by molar-refractivity contribution is 7.98. The van der Waals surface area contributed by atoms with Crippen molar-refractivity contribution < 1.29 is 14.3 Å². The van der Waals surface area contributed by atoms with Crippen LogP contribution in [0.25, 0.3) is 0 Å². The molecule has 0 radical (unpaired) electrons. The van der Waals surface area contributed by atoms with E-state index in [0.717, 1.165) is 18.6 Å². The number of ether oxygens (including phenoxy) is 1. The Morgan fingerprint density at radius 1 is 1.50 bits per heavy atom. The van der Waals surface area contributed by atoms with Crippen molar-refractivity contribution in [1.29, 1.82) is 0 Å². The number of carbonyl (C=O) groups excluding carboxylic acids is 2. The Balaban J connectivity index is 2.50. The number of amides is 1. The maximum absolute atomic E-state index is 12.2. The second-order valence-corrected chi connectivity index (χ2v) is 5.38. The SMILES string of the molecule is CCOC(=O)CN(C(=O)[C@@H](N)CCSC)C1CC1. The van der Waals surface area contributed by atoms with Crippen molar-refractivity contribution in [3.05, 3.63) is 0 Å². The van der Waals surface area contributed by atoms with E-state index in [-0.39, 0.29) is 24.5 Å². The molecule has 0 saturated heterocycles. The van der Waals surface area contributed by atoms with E-state index in [4.69, 9.17) is 10.5 Å². The Kier molecular flexibility index (Phi) is 6.49. The molecule has 0 spiro atoms. The first kappa shape index (κ1) is 15.3. The van der Waals surface area contributed by atoms with Crippen LogP contribution in [-0.2, 0) is 14.3 Å². The van der Waals surface area contributed by atoms with Gasteiger partial charge < -0.3 is 15.4 Å². The first-order chi connectivity index (χ1) is 8.60. The van der Waals surface area contributed by atoms with Gasteiger partial charge in [-0.25, -0.2) is 0 Å². The molecule has 18 heavy (non-hydrogen) atoms. The minimum absolute atomic E-state index is 0.0321. The van der Waals surface area contributed by atoms with E-state index in [9.17, 15) is 9.59 Å². The summed E-state index contributed by atoms with van der Waals surface area (Å²) in [6.45, 7) is 2.12. The van der Waals surface area contributed by atoms with Crippen LogP contribution in [0.1, 0.15) is 26.2 Å². The number of hydrogen-bond acceptors (Lipinski definition) is 5. The van der Waals surface area contributed by atoms with Crippen molar-refractivity contribution in [1.82, 2.24) is 4.90 Å². The number of esters is 1. The maximum Gasteiger partial charge on any atom is 0.325 e. The molecule has 0 unspecified atom stereocenters. The topological polar surface area (TPSA) is 72.6 Å². The maximum atomic E-state index is 12.2. The standard InChI is InChI=1S/C12H22N2O3S/c1-3-17-11(15)8-14(9-4-5-9)12(16)10(13)6-7-18-2/h9-10H,3-8,13H2,1-2H3/t10-/m0/s1. The fourth-order valence-corrected chi connectivity index (χ4v) is 2.19. The van der Waals surface area contributed by atoms with Gasteiger partial charge in [0, 0.05) is 6.04 Å². The normalized spacial score (nSPS) is 16.2. The van der Waals surface area contributed by atoms with Crippen LogP contribution < -0.4 is 5.73 Å². The highest BCUT2D eigenvalue weighted by Crippen LogP contribution is 2.27. The molecule has 1 atom stereocenters. The van der Waals surface area contributed by atoms with Crippen molar-refractivity contribution in [3.8, 4) is 0 Å². The van der Waals surface area contributed by atoms with Gasteiger partial charge in [0.1, 0.15) is 6.54 Å². The van der Waals surface area contributed by atoms with E-state index in [1.807, 2.05) is 6.26 Å². The predicted octanol–water partition coefficient (Wildman–Crippen LogP) is 0.621. The second kappa shape index (κ2) is 7.63. The van der Waals surface area contributed by atoms with Crippen LogP contribution in [0.5, 0.6) is 0 Å². The molecule has 0 aromatic heterocycles. The molecular formula is C12H22N2O3S. The highest BCUT2D eigenvalue weighted by atomic mass is 32.2. The van der Waals surface area contributed by atoms with E-state index >= 15 is 0 Å². The molecule has 5 nitrogen and oxygen atoms in total. The van der Waals surface area contributed by atoms with Crippen LogP contribution in [-0.4, -0.2) is 54.0 Å². The molecule has 0 bridgehead atoms.